The first-order valence-corrected chi connectivity index (χ1v) is 10.8. The predicted octanol–water partition coefficient (Wildman–Crippen LogP) is 0.447. The number of para-hydroxylation sites is 1. The summed E-state index contributed by atoms with van der Waals surface area (Å²) in [6.45, 7) is 0.892. The number of amides is 3. The SMILES string of the molecule is CN(C)C(=O)N1CCN(C(=O)CCOc2ccccc2)C2CS(=O)(=O)CC21. The Balaban J connectivity index is 1.66. The summed E-state index contributed by atoms with van der Waals surface area (Å²) in [7, 11) is -0.0122. The number of carbonyl (C=O) groups is 2. The van der Waals surface area contributed by atoms with Crippen molar-refractivity contribution in [3.63, 3.8) is 0 Å². The summed E-state index contributed by atoms with van der Waals surface area (Å²) in [5.41, 5.74) is 0. The van der Waals surface area contributed by atoms with Crippen molar-refractivity contribution in [1.29, 1.82) is 0 Å². The van der Waals surface area contributed by atoms with Crippen LogP contribution in [0.4, 0.5) is 4.79 Å². The number of fused-ring (bicyclic) bond motifs is 1. The first-order valence-electron chi connectivity index (χ1n) is 8.94. The van der Waals surface area contributed by atoms with Gasteiger partial charge in [0.15, 0.2) is 9.84 Å². The Morgan fingerprint density at radius 3 is 2.30 bits per heavy atom. The van der Waals surface area contributed by atoms with Crippen molar-refractivity contribution in [2.45, 2.75) is 18.5 Å². The highest BCUT2D eigenvalue weighted by atomic mass is 32.2. The molecule has 2 saturated heterocycles. The molecule has 3 amide bonds. The van der Waals surface area contributed by atoms with Crippen LogP contribution in [0, 0.1) is 0 Å². The van der Waals surface area contributed by atoms with Crippen LogP contribution in [0.15, 0.2) is 30.3 Å². The van der Waals surface area contributed by atoms with E-state index in [9.17, 15) is 18.0 Å². The Morgan fingerprint density at radius 1 is 1.07 bits per heavy atom. The van der Waals surface area contributed by atoms with Crippen LogP contribution in [-0.2, 0) is 14.6 Å². The number of carbonyl (C=O) groups excluding carboxylic acids is 2. The van der Waals surface area contributed by atoms with E-state index in [1.165, 1.54) is 4.90 Å². The van der Waals surface area contributed by atoms with E-state index in [0.29, 0.717) is 18.8 Å². The van der Waals surface area contributed by atoms with Gasteiger partial charge < -0.3 is 19.4 Å². The van der Waals surface area contributed by atoms with E-state index < -0.39 is 21.9 Å². The van der Waals surface area contributed by atoms with Gasteiger partial charge in [-0.15, -0.1) is 0 Å². The largest absolute Gasteiger partial charge is 0.493 e. The molecule has 27 heavy (non-hydrogen) atoms. The Bertz CT molecular complexity index is 796. The minimum absolute atomic E-state index is 0.0957. The smallest absolute Gasteiger partial charge is 0.319 e. The summed E-state index contributed by atoms with van der Waals surface area (Å²) in [5.74, 6) is 0.352. The van der Waals surface area contributed by atoms with Gasteiger partial charge in [0.2, 0.25) is 5.91 Å². The lowest BCUT2D eigenvalue weighted by atomic mass is 10.0. The third kappa shape index (κ3) is 4.35. The van der Waals surface area contributed by atoms with Gasteiger partial charge in [-0.1, -0.05) is 18.2 Å². The summed E-state index contributed by atoms with van der Waals surface area (Å²) in [4.78, 5) is 29.7. The number of piperazine rings is 1. The van der Waals surface area contributed by atoms with Crippen LogP contribution < -0.4 is 4.74 Å². The molecule has 0 spiro atoms. The van der Waals surface area contributed by atoms with Gasteiger partial charge >= 0.3 is 6.03 Å². The molecule has 1 aromatic rings. The Hall–Kier alpha value is -2.29. The molecule has 0 N–H and O–H groups in total. The molecule has 8 nitrogen and oxygen atoms in total. The van der Waals surface area contributed by atoms with Gasteiger partial charge in [-0.05, 0) is 12.1 Å². The van der Waals surface area contributed by atoms with Gasteiger partial charge in [0.05, 0.1) is 36.6 Å². The second kappa shape index (κ2) is 7.75. The van der Waals surface area contributed by atoms with Crippen molar-refractivity contribution < 1.29 is 22.7 Å². The average molecular weight is 395 g/mol. The molecule has 9 heteroatoms. The summed E-state index contributed by atoms with van der Waals surface area (Å²) < 4.78 is 29.9. The van der Waals surface area contributed by atoms with Gasteiger partial charge in [-0.25, -0.2) is 13.2 Å². The molecular formula is C18H25N3O5S. The monoisotopic (exact) mass is 395 g/mol. The third-order valence-electron chi connectivity index (χ3n) is 4.95. The minimum atomic E-state index is -3.29. The zero-order chi connectivity index (χ0) is 19.6. The lowest BCUT2D eigenvalue weighted by Gasteiger charge is -2.44. The van der Waals surface area contributed by atoms with Crippen molar-refractivity contribution in [2.75, 3.05) is 45.3 Å². The first kappa shape index (κ1) is 19.5. The van der Waals surface area contributed by atoms with Crippen LogP contribution in [0.3, 0.4) is 0 Å². The molecule has 0 bridgehead atoms. The topological polar surface area (TPSA) is 87.2 Å². The second-order valence-corrected chi connectivity index (χ2v) is 9.23. The minimum Gasteiger partial charge on any atom is -0.493 e. The zero-order valence-electron chi connectivity index (χ0n) is 15.6. The molecule has 148 valence electrons. The third-order valence-corrected chi connectivity index (χ3v) is 6.65. The lowest BCUT2D eigenvalue weighted by Crippen LogP contribution is -2.63. The Labute approximate surface area is 159 Å². The highest BCUT2D eigenvalue weighted by molar-refractivity contribution is 7.91. The van der Waals surface area contributed by atoms with E-state index in [1.54, 1.807) is 23.9 Å². The number of hydrogen-bond donors (Lipinski definition) is 0. The standard InChI is InChI=1S/C18H25N3O5S/c1-19(2)18(23)21-10-9-20(15-12-27(24,25)13-16(15)21)17(22)8-11-26-14-6-4-3-5-7-14/h3-7,15-16H,8-13H2,1-2H3. The van der Waals surface area contributed by atoms with E-state index in [-0.39, 0.29) is 36.5 Å². The van der Waals surface area contributed by atoms with Gasteiger partial charge in [-0.3, -0.25) is 4.79 Å². The van der Waals surface area contributed by atoms with Crippen LogP contribution in [0.1, 0.15) is 6.42 Å². The number of nitrogens with zero attached hydrogens (tertiary/aromatic N) is 3. The molecule has 2 aliphatic rings. The molecule has 2 atom stereocenters. The molecule has 2 aliphatic heterocycles. The van der Waals surface area contributed by atoms with Crippen molar-refractivity contribution in [3.8, 4) is 5.75 Å². The summed E-state index contributed by atoms with van der Waals surface area (Å²) in [5, 5.41) is 0. The summed E-state index contributed by atoms with van der Waals surface area (Å²) in [6.07, 6.45) is 0.166. The van der Waals surface area contributed by atoms with E-state index >= 15 is 0 Å². The quantitative estimate of drug-likeness (QED) is 0.739. The Morgan fingerprint density at radius 2 is 1.67 bits per heavy atom. The van der Waals surface area contributed by atoms with Crippen LogP contribution in [0.2, 0.25) is 0 Å². The molecular weight excluding hydrogens is 370 g/mol. The number of ether oxygens (including phenoxy) is 1. The fraction of sp³-hybridized carbons (Fsp3) is 0.556. The second-order valence-electron chi connectivity index (χ2n) is 7.08. The maximum absolute atomic E-state index is 12.7. The normalized spacial score (nSPS) is 23.6. The molecule has 2 unspecified atom stereocenters. The number of urea groups is 1. The van der Waals surface area contributed by atoms with Gasteiger partial charge in [0, 0.05) is 27.2 Å². The van der Waals surface area contributed by atoms with Gasteiger partial charge in [-0.2, -0.15) is 0 Å². The fourth-order valence-electron chi connectivity index (χ4n) is 3.67. The number of rotatable bonds is 4. The van der Waals surface area contributed by atoms with Crippen molar-refractivity contribution in [1.82, 2.24) is 14.7 Å². The van der Waals surface area contributed by atoms with Gasteiger partial charge in [0.1, 0.15) is 5.75 Å². The molecule has 0 aliphatic carbocycles. The molecule has 0 saturated carbocycles. The van der Waals surface area contributed by atoms with Crippen LogP contribution in [0.5, 0.6) is 5.75 Å². The van der Waals surface area contributed by atoms with Crippen molar-refractivity contribution in [2.24, 2.45) is 0 Å². The van der Waals surface area contributed by atoms with E-state index in [4.69, 9.17) is 4.74 Å². The van der Waals surface area contributed by atoms with Crippen molar-refractivity contribution >= 4 is 21.8 Å². The molecule has 2 fully saturated rings. The van der Waals surface area contributed by atoms with E-state index in [2.05, 4.69) is 0 Å². The summed E-state index contributed by atoms with van der Waals surface area (Å²) in [6, 6.07) is 8.02. The molecule has 1 aromatic carbocycles. The molecule has 3 rings (SSSR count). The number of sulfone groups is 1. The van der Waals surface area contributed by atoms with Crippen LogP contribution in [0.25, 0.3) is 0 Å². The van der Waals surface area contributed by atoms with Gasteiger partial charge in [0.25, 0.3) is 0 Å². The Kier molecular flexibility index (Phi) is 5.59. The maximum Gasteiger partial charge on any atom is 0.319 e. The summed E-state index contributed by atoms with van der Waals surface area (Å²) >= 11 is 0. The van der Waals surface area contributed by atoms with Crippen LogP contribution in [-0.4, -0.2) is 92.4 Å². The number of benzene rings is 1. The predicted molar refractivity (Wildman–Crippen MR) is 100 cm³/mol. The highest BCUT2D eigenvalue weighted by Gasteiger charge is 2.49. The lowest BCUT2D eigenvalue weighted by molar-refractivity contribution is -0.136. The number of hydrogen-bond acceptors (Lipinski definition) is 5. The first-order chi connectivity index (χ1) is 12.8. The molecule has 2 heterocycles. The average Bonchev–Trinajstić information content (AvgIpc) is 2.95. The molecule has 0 aromatic heterocycles. The maximum atomic E-state index is 12.7. The van der Waals surface area contributed by atoms with E-state index in [1.807, 2.05) is 30.3 Å². The highest BCUT2D eigenvalue weighted by Crippen LogP contribution is 2.28. The molecule has 0 radical (unpaired) electrons. The zero-order valence-corrected chi connectivity index (χ0v) is 16.4. The fourth-order valence-corrected chi connectivity index (χ4v) is 5.65. The van der Waals surface area contributed by atoms with Crippen molar-refractivity contribution in [3.05, 3.63) is 30.3 Å². The van der Waals surface area contributed by atoms with Crippen LogP contribution >= 0.6 is 0 Å². The van der Waals surface area contributed by atoms with E-state index in [0.717, 1.165) is 0 Å².